The first kappa shape index (κ1) is 11.2. The minimum absolute atomic E-state index is 0.442. The third-order valence-electron chi connectivity index (χ3n) is 3.13. The van der Waals surface area contributed by atoms with Gasteiger partial charge in [0, 0.05) is 0 Å². The van der Waals surface area contributed by atoms with Gasteiger partial charge in [0.25, 0.3) is 0 Å². The highest BCUT2D eigenvalue weighted by atomic mass is 32.2. The summed E-state index contributed by atoms with van der Waals surface area (Å²) in [5.74, 6) is 0. The molecule has 0 bridgehead atoms. The van der Waals surface area contributed by atoms with Gasteiger partial charge >= 0.3 is 0 Å². The van der Waals surface area contributed by atoms with Crippen molar-refractivity contribution in [3.05, 3.63) is 77.9 Å². The molecule has 1 aliphatic heterocycles. The quantitative estimate of drug-likeness (QED) is 0.827. The van der Waals surface area contributed by atoms with E-state index in [1.165, 1.54) is 0 Å². The van der Waals surface area contributed by atoms with E-state index in [1.54, 1.807) is 0 Å². The van der Waals surface area contributed by atoms with Gasteiger partial charge < -0.3 is 0 Å². The van der Waals surface area contributed by atoms with Gasteiger partial charge in [-0.15, -0.1) is 0 Å². The van der Waals surface area contributed by atoms with E-state index in [0.717, 1.165) is 11.1 Å². The largest absolute Gasteiger partial charge is 0.223 e. The molecule has 2 aromatic carbocycles. The summed E-state index contributed by atoms with van der Waals surface area (Å²) in [5.41, 5.74) is 1.60. The van der Waals surface area contributed by atoms with E-state index in [2.05, 4.69) is 0 Å². The third-order valence-corrected chi connectivity index (χ3v) is 5.19. The molecule has 2 nitrogen and oxygen atoms in total. The maximum Gasteiger partial charge on any atom is 0.189 e. The molecule has 0 aliphatic carbocycles. The maximum absolute atomic E-state index is 12.3. The molecule has 18 heavy (non-hydrogen) atoms. The second-order valence-electron chi connectivity index (χ2n) is 4.27. The fraction of sp³-hybridized carbons (Fsp3) is 0.0667. The summed E-state index contributed by atoms with van der Waals surface area (Å²) in [6.45, 7) is 0. The predicted octanol–water partition coefficient (Wildman–Crippen LogP) is 3.20. The minimum atomic E-state index is -3.21. The summed E-state index contributed by atoms with van der Waals surface area (Å²) >= 11 is 0. The van der Waals surface area contributed by atoms with Gasteiger partial charge in [-0.05, 0) is 17.2 Å². The zero-order valence-corrected chi connectivity index (χ0v) is 10.5. The first-order chi connectivity index (χ1) is 8.69. The van der Waals surface area contributed by atoms with Gasteiger partial charge in [0.15, 0.2) is 9.84 Å². The van der Waals surface area contributed by atoms with Crippen molar-refractivity contribution in [3.8, 4) is 0 Å². The Bertz CT molecular complexity index is 686. The Morgan fingerprint density at radius 2 is 1.33 bits per heavy atom. The summed E-state index contributed by atoms with van der Waals surface area (Å²) in [4.78, 5) is 0.442. The van der Waals surface area contributed by atoms with E-state index in [4.69, 9.17) is 0 Å². The van der Waals surface area contributed by atoms with Crippen LogP contribution < -0.4 is 0 Å². The van der Waals surface area contributed by atoms with Crippen LogP contribution in [0.25, 0.3) is 4.91 Å². The van der Waals surface area contributed by atoms with Crippen LogP contribution in [0.5, 0.6) is 0 Å². The van der Waals surface area contributed by atoms with E-state index in [1.807, 2.05) is 66.7 Å². The smallest absolute Gasteiger partial charge is 0.189 e. The Balaban J connectivity index is 2.03. The molecule has 0 unspecified atom stereocenters. The van der Waals surface area contributed by atoms with Gasteiger partial charge in [-0.25, -0.2) is 8.42 Å². The number of hydrogen-bond donors (Lipinski definition) is 0. The van der Waals surface area contributed by atoms with Crippen LogP contribution in [0.2, 0.25) is 0 Å². The van der Waals surface area contributed by atoms with Crippen molar-refractivity contribution in [2.75, 3.05) is 0 Å². The first-order valence-corrected chi connectivity index (χ1v) is 7.30. The maximum atomic E-state index is 12.3. The van der Waals surface area contributed by atoms with E-state index >= 15 is 0 Å². The van der Waals surface area contributed by atoms with Crippen molar-refractivity contribution >= 4 is 14.7 Å². The molecule has 0 saturated heterocycles. The molecule has 1 heterocycles. The van der Waals surface area contributed by atoms with E-state index in [9.17, 15) is 8.42 Å². The van der Waals surface area contributed by atoms with Gasteiger partial charge in [-0.3, -0.25) is 0 Å². The van der Waals surface area contributed by atoms with Crippen LogP contribution in [-0.4, -0.2) is 8.42 Å². The van der Waals surface area contributed by atoms with Gasteiger partial charge in [-0.1, -0.05) is 60.7 Å². The third kappa shape index (κ3) is 1.68. The van der Waals surface area contributed by atoms with Crippen LogP contribution in [0.3, 0.4) is 0 Å². The van der Waals surface area contributed by atoms with Crippen LogP contribution in [0.4, 0.5) is 0 Å². The monoisotopic (exact) mass is 256 g/mol. The molecule has 0 aromatic heterocycles. The molecule has 90 valence electrons. The lowest BCUT2D eigenvalue weighted by atomic mass is 10.1. The Morgan fingerprint density at radius 1 is 0.778 bits per heavy atom. The average Bonchev–Trinajstić information content (AvgIpc) is 2.40. The summed E-state index contributed by atoms with van der Waals surface area (Å²) in [5, 5.41) is -0.492. The SMILES string of the molecule is O=S1(=O)C(c2ccccc2)=C[C@H]1c1ccccc1. The Hall–Kier alpha value is -1.87. The topological polar surface area (TPSA) is 34.1 Å². The molecule has 0 saturated carbocycles. The molecule has 0 N–H and O–H groups in total. The molecule has 0 amide bonds. The van der Waals surface area contributed by atoms with Gasteiger partial charge in [0.05, 0.1) is 4.91 Å². The van der Waals surface area contributed by atoms with Crippen molar-refractivity contribution < 1.29 is 8.42 Å². The van der Waals surface area contributed by atoms with E-state index in [0.29, 0.717) is 4.91 Å². The minimum Gasteiger partial charge on any atom is -0.223 e. The average molecular weight is 256 g/mol. The second-order valence-corrected chi connectivity index (χ2v) is 6.31. The van der Waals surface area contributed by atoms with Crippen LogP contribution >= 0.6 is 0 Å². The summed E-state index contributed by atoms with van der Waals surface area (Å²) in [6.07, 6.45) is 1.82. The molecule has 3 heteroatoms. The van der Waals surface area contributed by atoms with Crippen molar-refractivity contribution in [2.24, 2.45) is 0 Å². The summed E-state index contributed by atoms with van der Waals surface area (Å²) in [6, 6.07) is 18.5. The highest BCUT2D eigenvalue weighted by molar-refractivity contribution is 8.02. The van der Waals surface area contributed by atoms with Gasteiger partial charge in [0.1, 0.15) is 5.25 Å². The van der Waals surface area contributed by atoms with Crippen LogP contribution in [0.15, 0.2) is 66.7 Å². The fourth-order valence-electron chi connectivity index (χ4n) is 2.17. The lowest BCUT2D eigenvalue weighted by Crippen LogP contribution is -2.22. The molecule has 3 rings (SSSR count). The van der Waals surface area contributed by atoms with Gasteiger partial charge in [0.2, 0.25) is 0 Å². The Kier molecular flexibility index (Phi) is 2.56. The zero-order chi connectivity index (χ0) is 12.6. The van der Waals surface area contributed by atoms with Gasteiger partial charge in [-0.2, -0.15) is 0 Å². The van der Waals surface area contributed by atoms with Crippen molar-refractivity contribution in [1.82, 2.24) is 0 Å². The number of benzene rings is 2. The lowest BCUT2D eigenvalue weighted by Gasteiger charge is -2.26. The summed E-state index contributed by atoms with van der Waals surface area (Å²) in [7, 11) is -3.21. The highest BCUT2D eigenvalue weighted by Gasteiger charge is 2.39. The standard InChI is InChI=1S/C15H12O2S/c16-18(17)14(12-7-3-1-4-8-12)11-15(18)13-9-5-2-6-10-13/h1-11,14H/t14-/m0/s1. The Morgan fingerprint density at radius 3 is 1.89 bits per heavy atom. The summed E-state index contributed by atoms with van der Waals surface area (Å²) < 4.78 is 24.6. The normalized spacial score (nSPS) is 20.9. The van der Waals surface area contributed by atoms with Crippen molar-refractivity contribution in [1.29, 1.82) is 0 Å². The number of sulfone groups is 1. The van der Waals surface area contributed by atoms with Crippen LogP contribution in [0.1, 0.15) is 16.4 Å². The molecule has 0 radical (unpaired) electrons. The number of rotatable bonds is 2. The van der Waals surface area contributed by atoms with Crippen molar-refractivity contribution in [2.45, 2.75) is 5.25 Å². The van der Waals surface area contributed by atoms with E-state index in [-0.39, 0.29) is 0 Å². The molecule has 0 fully saturated rings. The van der Waals surface area contributed by atoms with E-state index < -0.39 is 15.1 Å². The lowest BCUT2D eigenvalue weighted by molar-refractivity contribution is 0.596. The molecule has 0 spiro atoms. The molecular formula is C15H12O2S. The van der Waals surface area contributed by atoms with Crippen LogP contribution in [-0.2, 0) is 9.84 Å². The fourth-order valence-corrected chi connectivity index (χ4v) is 3.84. The molecular weight excluding hydrogens is 244 g/mol. The van der Waals surface area contributed by atoms with Crippen molar-refractivity contribution in [3.63, 3.8) is 0 Å². The molecule has 2 aromatic rings. The zero-order valence-electron chi connectivity index (χ0n) is 9.65. The Labute approximate surface area is 107 Å². The molecule has 1 atom stereocenters. The van der Waals surface area contributed by atoms with Crippen LogP contribution in [0, 0.1) is 0 Å². The predicted molar refractivity (Wildman–Crippen MR) is 72.5 cm³/mol. The number of hydrogen-bond acceptors (Lipinski definition) is 2. The molecule has 1 aliphatic rings. The first-order valence-electron chi connectivity index (χ1n) is 5.76. The second kappa shape index (κ2) is 4.10. The highest BCUT2D eigenvalue weighted by Crippen LogP contribution is 2.44.